The zero-order valence-electron chi connectivity index (χ0n) is 10.4. The zero-order valence-corrected chi connectivity index (χ0v) is 11.9. The fraction of sp³-hybridized carbons (Fsp3) is 0.167. The monoisotopic (exact) mass is 323 g/mol. The van der Waals surface area contributed by atoms with Gasteiger partial charge in [-0.2, -0.15) is 4.98 Å². The van der Waals surface area contributed by atoms with Gasteiger partial charge in [0.2, 0.25) is 5.95 Å². The molecule has 2 rings (SSSR count). The summed E-state index contributed by atoms with van der Waals surface area (Å²) in [4.78, 5) is 8.19. The van der Waals surface area contributed by atoms with Crippen molar-refractivity contribution >= 4 is 33.4 Å². The smallest absolute Gasteiger partial charge is 0.239 e. The lowest BCUT2D eigenvalue weighted by atomic mass is 10.3. The number of anilines is 3. The van der Waals surface area contributed by atoms with E-state index >= 15 is 0 Å². The zero-order chi connectivity index (χ0) is 13.7. The molecule has 0 aliphatic heterocycles. The van der Waals surface area contributed by atoms with Crippen molar-refractivity contribution in [3.05, 3.63) is 34.9 Å². The number of benzene rings is 1. The minimum atomic E-state index is 0.344. The van der Waals surface area contributed by atoms with E-state index in [0.29, 0.717) is 18.4 Å². The number of aromatic nitrogens is 2. The van der Waals surface area contributed by atoms with E-state index in [-0.39, 0.29) is 0 Å². The van der Waals surface area contributed by atoms with Crippen molar-refractivity contribution < 1.29 is 4.74 Å². The molecular formula is C12H14BrN5O. The van der Waals surface area contributed by atoms with E-state index in [1.807, 2.05) is 31.2 Å². The second kappa shape index (κ2) is 6.35. The first kappa shape index (κ1) is 13.6. The lowest BCUT2D eigenvalue weighted by Crippen LogP contribution is -2.11. The van der Waals surface area contributed by atoms with Crippen LogP contribution in [0.3, 0.4) is 0 Å². The summed E-state index contributed by atoms with van der Waals surface area (Å²) in [6, 6.07) is 7.61. The van der Waals surface area contributed by atoms with Crippen LogP contribution >= 0.6 is 15.9 Å². The van der Waals surface area contributed by atoms with Crippen molar-refractivity contribution in [3.8, 4) is 5.75 Å². The van der Waals surface area contributed by atoms with Gasteiger partial charge in [-0.25, -0.2) is 10.8 Å². The van der Waals surface area contributed by atoms with Gasteiger partial charge < -0.3 is 10.1 Å². The molecule has 4 N–H and O–H groups in total. The fourth-order valence-electron chi connectivity index (χ4n) is 1.46. The molecule has 0 amide bonds. The van der Waals surface area contributed by atoms with Gasteiger partial charge in [0, 0.05) is 11.9 Å². The standard InChI is InChI=1S/C12H14BrN5O/c1-2-19-9-5-3-8(4-6-9)16-11-10(13)7-15-12(17-11)18-14/h3-7H,2,14H2,1H3,(H2,15,16,17,18). The quantitative estimate of drug-likeness (QED) is 0.579. The van der Waals surface area contributed by atoms with Crippen molar-refractivity contribution in [3.63, 3.8) is 0 Å². The SMILES string of the molecule is CCOc1ccc(Nc2nc(NN)ncc2Br)cc1. The number of nitrogens with zero attached hydrogens (tertiary/aromatic N) is 2. The Kier molecular flexibility index (Phi) is 4.53. The second-order valence-electron chi connectivity index (χ2n) is 3.62. The van der Waals surface area contributed by atoms with Crippen molar-refractivity contribution in [1.29, 1.82) is 0 Å². The minimum Gasteiger partial charge on any atom is -0.494 e. The Morgan fingerprint density at radius 1 is 1.32 bits per heavy atom. The van der Waals surface area contributed by atoms with E-state index in [1.165, 1.54) is 0 Å². The average Bonchev–Trinajstić information content (AvgIpc) is 2.44. The number of nitrogens with two attached hydrogens (primary N) is 1. The lowest BCUT2D eigenvalue weighted by molar-refractivity contribution is 0.340. The predicted molar refractivity (Wildman–Crippen MR) is 78.4 cm³/mol. The van der Waals surface area contributed by atoms with Crippen LogP contribution in [0.25, 0.3) is 0 Å². The molecule has 0 aliphatic rings. The number of ether oxygens (including phenoxy) is 1. The molecule has 6 nitrogen and oxygen atoms in total. The summed E-state index contributed by atoms with van der Waals surface area (Å²) < 4.78 is 6.13. The van der Waals surface area contributed by atoms with E-state index in [2.05, 4.69) is 36.6 Å². The van der Waals surface area contributed by atoms with Crippen LogP contribution in [0.2, 0.25) is 0 Å². The number of rotatable bonds is 5. The van der Waals surface area contributed by atoms with Crippen molar-refractivity contribution in [2.24, 2.45) is 5.84 Å². The molecule has 0 bridgehead atoms. The summed E-state index contributed by atoms with van der Waals surface area (Å²) in [5.41, 5.74) is 3.30. The van der Waals surface area contributed by atoms with Crippen molar-refractivity contribution in [2.45, 2.75) is 6.92 Å². The topological polar surface area (TPSA) is 85.1 Å². The van der Waals surface area contributed by atoms with E-state index < -0.39 is 0 Å². The minimum absolute atomic E-state index is 0.344. The first-order valence-corrected chi connectivity index (χ1v) is 6.51. The molecule has 0 saturated carbocycles. The van der Waals surface area contributed by atoms with Gasteiger partial charge in [0.25, 0.3) is 0 Å². The molecule has 19 heavy (non-hydrogen) atoms. The predicted octanol–water partition coefficient (Wildman–Crippen LogP) is 2.67. The molecule has 100 valence electrons. The van der Waals surface area contributed by atoms with Crippen LogP contribution in [-0.2, 0) is 0 Å². The van der Waals surface area contributed by atoms with Crippen LogP contribution in [0.4, 0.5) is 17.5 Å². The normalized spacial score (nSPS) is 10.1. The van der Waals surface area contributed by atoms with Gasteiger partial charge in [0.1, 0.15) is 11.6 Å². The fourth-order valence-corrected chi connectivity index (χ4v) is 1.75. The van der Waals surface area contributed by atoms with Crippen LogP contribution in [0.1, 0.15) is 6.92 Å². The second-order valence-corrected chi connectivity index (χ2v) is 4.47. The van der Waals surface area contributed by atoms with E-state index in [1.54, 1.807) is 6.20 Å². The van der Waals surface area contributed by atoms with Gasteiger partial charge in [-0.3, -0.25) is 5.43 Å². The van der Waals surface area contributed by atoms with Gasteiger partial charge >= 0.3 is 0 Å². The summed E-state index contributed by atoms with van der Waals surface area (Å²) in [5.74, 6) is 7.09. The lowest BCUT2D eigenvalue weighted by Gasteiger charge is -2.09. The van der Waals surface area contributed by atoms with Crippen LogP contribution in [0.15, 0.2) is 34.9 Å². The highest BCUT2D eigenvalue weighted by atomic mass is 79.9. The van der Waals surface area contributed by atoms with E-state index in [4.69, 9.17) is 10.6 Å². The summed E-state index contributed by atoms with van der Waals surface area (Å²) >= 11 is 3.38. The number of nitrogens with one attached hydrogen (secondary N) is 2. The molecule has 0 radical (unpaired) electrons. The van der Waals surface area contributed by atoms with Gasteiger partial charge in [-0.05, 0) is 47.1 Å². The van der Waals surface area contributed by atoms with Crippen LogP contribution in [-0.4, -0.2) is 16.6 Å². The molecule has 0 saturated heterocycles. The maximum absolute atomic E-state index is 5.38. The Bertz CT molecular complexity index is 546. The summed E-state index contributed by atoms with van der Waals surface area (Å²) in [5, 5.41) is 3.17. The average molecular weight is 324 g/mol. The molecule has 0 spiro atoms. The Morgan fingerprint density at radius 3 is 2.68 bits per heavy atom. The molecule has 1 aromatic heterocycles. The summed E-state index contributed by atoms with van der Waals surface area (Å²) in [6.45, 7) is 2.60. The highest BCUT2D eigenvalue weighted by molar-refractivity contribution is 9.10. The highest BCUT2D eigenvalue weighted by Gasteiger charge is 2.05. The third-order valence-electron chi connectivity index (χ3n) is 2.30. The Hall–Kier alpha value is -1.86. The van der Waals surface area contributed by atoms with E-state index in [9.17, 15) is 0 Å². The molecule has 1 aromatic carbocycles. The van der Waals surface area contributed by atoms with Gasteiger partial charge in [0.05, 0.1) is 11.1 Å². The molecule has 2 aromatic rings. The van der Waals surface area contributed by atoms with Crippen LogP contribution in [0.5, 0.6) is 5.75 Å². The molecule has 7 heteroatoms. The number of halogens is 1. The highest BCUT2D eigenvalue weighted by Crippen LogP contribution is 2.25. The Morgan fingerprint density at radius 2 is 2.05 bits per heavy atom. The maximum Gasteiger partial charge on any atom is 0.239 e. The molecule has 1 heterocycles. The molecule has 0 atom stereocenters. The van der Waals surface area contributed by atoms with Gasteiger partial charge in [-0.1, -0.05) is 0 Å². The summed E-state index contributed by atoms with van der Waals surface area (Å²) in [7, 11) is 0. The van der Waals surface area contributed by atoms with Crippen molar-refractivity contribution in [1.82, 2.24) is 9.97 Å². The van der Waals surface area contributed by atoms with Gasteiger partial charge in [-0.15, -0.1) is 0 Å². The van der Waals surface area contributed by atoms with E-state index in [0.717, 1.165) is 15.9 Å². The van der Waals surface area contributed by atoms with Crippen LogP contribution < -0.4 is 21.3 Å². The Balaban J connectivity index is 2.16. The summed E-state index contributed by atoms with van der Waals surface area (Å²) in [6.07, 6.45) is 1.62. The van der Waals surface area contributed by atoms with Crippen LogP contribution in [0, 0.1) is 0 Å². The maximum atomic E-state index is 5.38. The third kappa shape index (κ3) is 3.55. The molecular weight excluding hydrogens is 310 g/mol. The molecule has 0 aliphatic carbocycles. The number of nitrogen functional groups attached to an aromatic ring is 1. The Labute approximate surface area is 119 Å². The number of hydrogen-bond acceptors (Lipinski definition) is 6. The first-order valence-electron chi connectivity index (χ1n) is 5.72. The largest absolute Gasteiger partial charge is 0.494 e. The van der Waals surface area contributed by atoms with Gasteiger partial charge in [0.15, 0.2) is 0 Å². The molecule has 0 unspecified atom stereocenters. The van der Waals surface area contributed by atoms with Crippen molar-refractivity contribution in [2.75, 3.05) is 17.3 Å². The number of hydrogen-bond donors (Lipinski definition) is 3. The molecule has 0 fully saturated rings. The third-order valence-corrected chi connectivity index (χ3v) is 2.88. The number of hydrazine groups is 1. The first-order chi connectivity index (χ1) is 9.22.